The first-order valence-electron chi connectivity index (χ1n) is 5.29. The van der Waals surface area contributed by atoms with Crippen LogP contribution in [0.4, 0.5) is 0 Å². The standard InChI is InChI=1S/C12H14O7/c1-7(3-5-9(13)14)11(17)19-12(18)8(2)4-6-10(15)16/h1-6H2,(H,13,14)(H,15,16). The Morgan fingerprint density at radius 2 is 1.05 bits per heavy atom. The number of carbonyl (C=O) groups is 4. The molecule has 0 atom stereocenters. The van der Waals surface area contributed by atoms with Crippen molar-refractivity contribution < 1.29 is 34.1 Å². The highest BCUT2D eigenvalue weighted by atomic mass is 16.6. The van der Waals surface area contributed by atoms with Crippen molar-refractivity contribution in [2.45, 2.75) is 25.7 Å². The Labute approximate surface area is 109 Å². The monoisotopic (exact) mass is 270 g/mol. The van der Waals surface area contributed by atoms with Gasteiger partial charge in [0, 0.05) is 24.0 Å². The van der Waals surface area contributed by atoms with Gasteiger partial charge in [0.2, 0.25) is 0 Å². The first kappa shape index (κ1) is 16.6. The van der Waals surface area contributed by atoms with E-state index in [-0.39, 0.29) is 36.8 Å². The summed E-state index contributed by atoms with van der Waals surface area (Å²) in [4.78, 5) is 43.2. The topological polar surface area (TPSA) is 118 Å². The smallest absolute Gasteiger partial charge is 0.341 e. The van der Waals surface area contributed by atoms with E-state index in [2.05, 4.69) is 17.9 Å². The molecular weight excluding hydrogens is 256 g/mol. The summed E-state index contributed by atoms with van der Waals surface area (Å²) in [7, 11) is 0. The second-order valence-electron chi connectivity index (χ2n) is 3.67. The van der Waals surface area contributed by atoms with Crippen LogP contribution in [0.5, 0.6) is 0 Å². The van der Waals surface area contributed by atoms with Crippen LogP contribution >= 0.6 is 0 Å². The van der Waals surface area contributed by atoms with Crippen LogP contribution in [0.3, 0.4) is 0 Å². The van der Waals surface area contributed by atoms with Crippen molar-refractivity contribution >= 4 is 23.9 Å². The summed E-state index contributed by atoms with van der Waals surface area (Å²) >= 11 is 0. The van der Waals surface area contributed by atoms with E-state index in [0.29, 0.717) is 0 Å². The first-order valence-corrected chi connectivity index (χ1v) is 5.29. The number of carboxylic acids is 2. The molecule has 0 heterocycles. The molecule has 0 bridgehead atoms. The Morgan fingerprint density at radius 3 is 1.32 bits per heavy atom. The summed E-state index contributed by atoms with van der Waals surface area (Å²) in [5.74, 6) is -4.29. The minimum atomic E-state index is -1.11. The lowest BCUT2D eigenvalue weighted by Crippen LogP contribution is -2.16. The van der Waals surface area contributed by atoms with E-state index in [1.807, 2.05) is 0 Å². The van der Waals surface area contributed by atoms with E-state index in [4.69, 9.17) is 10.2 Å². The van der Waals surface area contributed by atoms with Gasteiger partial charge in [-0.3, -0.25) is 9.59 Å². The number of esters is 2. The van der Waals surface area contributed by atoms with Gasteiger partial charge in [-0.25, -0.2) is 9.59 Å². The van der Waals surface area contributed by atoms with Gasteiger partial charge in [0.25, 0.3) is 0 Å². The molecule has 0 unspecified atom stereocenters. The molecule has 7 heteroatoms. The van der Waals surface area contributed by atoms with Gasteiger partial charge in [-0.2, -0.15) is 0 Å². The predicted octanol–water partition coefficient (Wildman–Crippen LogP) is 0.898. The molecule has 0 amide bonds. The van der Waals surface area contributed by atoms with E-state index in [1.54, 1.807) is 0 Å². The maximum Gasteiger partial charge on any atom is 0.341 e. The van der Waals surface area contributed by atoms with Crippen molar-refractivity contribution in [2.24, 2.45) is 0 Å². The van der Waals surface area contributed by atoms with Crippen molar-refractivity contribution in [2.75, 3.05) is 0 Å². The van der Waals surface area contributed by atoms with E-state index >= 15 is 0 Å². The molecule has 7 nitrogen and oxygen atoms in total. The fraction of sp³-hybridized carbons (Fsp3) is 0.333. The highest BCUT2D eigenvalue weighted by molar-refractivity contribution is 6.01. The average Bonchev–Trinajstić information content (AvgIpc) is 2.32. The zero-order chi connectivity index (χ0) is 15.0. The number of ether oxygens (including phenoxy) is 1. The van der Waals surface area contributed by atoms with Gasteiger partial charge in [-0.05, 0) is 12.8 Å². The summed E-state index contributed by atoms with van der Waals surface area (Å²) in [6.45, 7) is 6.60. The SMILES string of the molecule is C=C(CCC(=O)O)C(=O)OC(=O)C(=C)CCC(=O)O. The zero-order valence-corrected chi connectivity index (χ0v) is 10.2. The van der Waals surface area contributed by atoms with Crippen LogP contribution in [0.25, 0.3) is 0 Å². The van der Waals surface area contributed by atoms with E-state index < -0.39 is 23.9 Å². The normalized spacial score (nSPS) is 9.47. The quantitative estimate of drug-likeness (QED) is 0.382. The van der Waals surface area contributed by atoms with E-state index in [9.17, 15) is 19.2 Å². The number of hydrogen-bond donors (Lipinski definition) is 2. The zero-order valence-electron chi connectivity index (χ0n) is 10.2. The Hall–Kier alpha value is -2.44. The molecule has 0 aromatic carbocycles. The molecule has 104 valence electrons. The van der Waals surface area contributed by atoms with Crippen LogP contribution in [0.2, 0.25) is 0 Å². The molecule has 0 fully saturated rings. The minimum Gasteiger partial charge on any atom is -0.481 e. The van der Waals surface area contributed by atoms with Crippen LogP contribution in [-0.2, 0) is 23.9 Å². The fourth-order valence-corrected chi connectivity index (χ4v) is 0.948. The number of rotatable bonds is 8. The van der Waals surface area contributed by atoms with Gasteiger partial charge >= 0.3 is 23.9 Å². The molecule has 2 N–H and O–H groups in total. The first-order chi connectivity index (χ1) is 8.73. The number of hydrogen-bond acceptors (Lipinski definition) is 5. The molecule has 0 aliphatic rings. The van der Waals surface area contributed by atoms with Crippen LogP contribution in [0.1, 0.15) is 25.7 Å². The molecule has 0 radical (unpaired) electrons. The van der Waals surface area contributed by atoms with Gasteiger partial charge in [-0.15, -0.1) is 0 Å². The highest BCUT2D eigenvalue weighted by Gasteiger charge is 2.17. The predicted molar refractivity (Wildman–Crippen MR) is 63.1 cm³/mol. The Morgan fingerprint density at radius 1 is 0.737 bits per heavy atom. The van der Waals surface area contributed by atoms with Crippen LogP contribution in [-0.4, -0.2) is 34.1 Å². The Balaban J connectivity index is 4.21. The molecular formula is C12H14O7. The van der Waals surface area contributed by atoms with Crippen molar-refractivity contribution in [3.63, 3.8) is 0 Å². The third-order valence-electron chi connectivity index (χ3n) is 2.04. The largest absolute Gasteiger partial charge is 0.481 e. The maximum absolute atomic E-state index is 11.3. The van der Waals surface area contributed by atoms with Crippen molar-refractivity contribution in [3.05, 3.63) is 24.3 Å². The minimum absolute atomic E-state index is 0.136. The maximum atomic E-state index is 11.3. The van der Waals surface area contributed by atoms with Crippen LogP contribution in [0, 0.1) is 0 Å². The number of carbonyl (C=O) groups excluding carboxylic acids is 2. The van der Waals surface area contributed by atoms with Gasteiger partial charge in [0.15, 0.2) is 0 Å². The summed E-state index contributed by atoms with van der Waals surface area (Å²) in [6.07, 6.45) is -0.879. The molecule has 0 aliphatic carbocycles. The molecule has 0 rings (SSSR count). The third kappa shape index (κ3) is 7.48. The van der Waals surface area contributed by atoms with Crippen molar-refractivity contribution in [3.8, 4) is 0 Å². The summed E-state index contributed by atoms with van der Waals surface area (Å²) in [5.41, 5.74) is -0.302. The lowest BCUT2D eigenvalue weighted by molar-refractivity contribution is -0.154. The lowest BCUT2D eigenvalue weighted by atomic mass is 10.1. The molecule has 0 aliphatic heterocycles. The Kier molecular flexibility index (Phi) is 6.80. The Bertz CT molecular complexity index is 393. The number of aliphatic carboxylic acids is 2. The third-order valence-corrected chi connectivity index (χ3v) is 2.04. The summed E-state index contributed by atoms with van der Waals surface area (Å²) < 4.78 is 4.38. The van der Waals surface area contributed by atoms with Crippen LogP contribution in [0.15, 0.2) is 24.3 Å². The molecule has 0 saturated heterocycles. The van der Waals surface area contributed by atoms with Gasteiger partial charge < -0.3 is 14.9 Å². The fourth-order valence-electron chi connectivity index (χ4n) is 0.948. The van der Waals surface area contributed by atoms with Gasteiger partial charge in [-0.1, -0.05) is 13.2 Å². The van der Waals surface area contributed by atoms with Crippen molar-refractivity contribution in [1.82, 2.24) is 0 Å². The van der Waals surface area contributed by atoms with E-state index in [0.717, 1.165) is 0 Å². The average molecular weight is 270 g/mol. The highest BCUT2D eigenvalue weighted by Crippen LogP contribution is 2.09. The summed E-state index contributed by atoms with van der Waals surface area (Å²) in [6, 6.07) is 0. The van der Waals surface area contributed by atoms with Crippen LogP contribution < -0.4 is 0 Å². The molecule has 0 aromatic heterocycles. The van der Waals surface area contributed by atoms with Crippen molar-refractivity contribution in [1.29, 1.82) is 0 Å². The molecule has 0 spiro atoms. The van der Waals surface area contributed by atoms with Gasteiger partial charge in [0.05, 0.1) is 0 Å². The van der Waals surface area contributed by atoms with Gasteiger partial charge in [0.1, 0.15) is 0 Å². The molecule has 0 aromatic rings. The lowest BCUT2D eigenvalue weighted by Gasteiger charge is -2.05. The molecule has 0 saturated carbocycles. The second kappa shape index (κ2) is 7.80. The van der Waals surface area contributed by atoms with E-state index in [1.165, 1.54) is 0 Å². The molecule has 19 heavy (non-hydrogen) atoms. The number of carboxylic acid groups (broad SMARTS) is 2. The summed E-state index contributed by atoms with van der Waals surface area (Å²) in [5, 5.41) is 16.8. The second-order valence-corrected chi connectivity index (χ2v) is 3.67.